The van der Waals surface area contributed by atoms with Crippen LogP contribution in [0.1, 0.15) is 31.9 Å². The van der Waals surface area contributed by atoms with Gasteiger partial charge in [0, 0.05) is 40.2 Å². The van der Waals surface area contributed by atoms with Gasteiger partial charge < -0.3 is 34.5 Å². The van der Waals surface area contributed by atoms with Crippen LogP contribution in [0.15, 0.2) is 42.5 Å². The van der Waals surface area contributed by atoms with Gasteiger partial charge in [-0.3, -0.25) is 9.69 Å². The van der Waals surface area contributed by atoms with E-state index in [1.807, 2.05) is 24.3 Å². The Morgan fingerprint density at radius 3 is 2.61 bits per heavy atom. The van der Waals surface area contributed by atoms with Crippen LogP contribution in [0.3, 0.4) is 0 Å². The zero-order chi connectivity index (χ0) is 27.3. The molecule has 0 saturated carbocycles. The van der Waals surface area contributed by atoms with E-state index in [-0.39, 0.29) is 5.91 Å². The van der Waals surface area contributed by atoms with Gasteiger partial charge in [-0.1, -0.05) is 24.3 Å². The van der Waals surface area contributed by atoms with Crippen molar-refractivity contribution in [1.29, 1.82) is 0 Å². The van der Waals surface area contributed by atoms with Gasteiger partial charge in [-0.05, 0) is 60.7 Å². The minimum absolute atomic E-state index is 0.0713. The fourth-order valence-electron chi connectivity index (χ4n) is 5.18. The predicted molar refractivity (Wildman–Crippen MR) is 143 cm³/mol. The van der Waals surface area contributed by atoms with Gasteiger partial charge in [0.2, 0.25) is 12.2 Å². The van der Waals surface area contributed by atoms with Gasteiger partial charge in [0.25, 0.3) is 0 Å². The van der Waals surface area contributed by atoms with Crippen molar-refractivity contribution in [3.05, 3.63) is 53.6 Å². The molecule has 1 unspecified atom stereocenters. The molecule has 2 aromatic carbocycles. The van der Waals surface area contributed by atoms with E-state index in [1.54, 1.807) is 13.8 Å². The maximum Gasteiger partial charge on any atom is 0.229 e. The molecule has 2 aromatic rings. The number of nitrogens with zero attached hydrogens (tertiary/aromatic N) is 1. The first-order valence-electron chi connectivity index (χ1n) is 13.2. The summed E-state index contributed by atoms with van der Waals surface area (Å²) in [5.74, 6) is 0.433. The summed E-state index contributed by atoms with van der Waals surface area (Å²) >= 11 is 0. The van der Waals surface area contributed by atoms with Gasteiger partial charge >= 0.3 is 0 Å². The van der Waals surface area contributed by atoms with Gasteiger partial charge in [-0.2, -0.15) is 0 Å². The van der Waals surface area contributed by atoms with E-state index in [1.165, 1.54) is 19.6 Å². The molecule has 4 atom stereocenters. The lowest BCUT2D eigenvalue weighted by Gasteiger charge is -2.46. The zero-order valence-corrected chi connectivity index (χ0v) is 22.7. The number of carbonyl (C=O) groups excluding carboxylic acids is 1. The summed E-state index contributed by atoms with van der Waals surface area (Å²) in [5.41, 5.74) is 3.39. The highest BCUT2D eigenvalue weighted by Crippen LogP contribution is 2.35. The minimum atomic E-state index is -1.28. The molecule has 3 N–H and O–H groups in total. The number of aliphatic hydroxyl groups excluding tert-OH is 2. The number of benzene rings is 2. The number of carbonyl (C=O) groups is 1. The first-order chi connectivity index (χ1) is 18.2. The first kappa shape index (κ1) is 28.5. The van der Waals surface area contributed by atoms with E-state index in [9.17, 15) is 15.0 Å². The van der Waals surface area contributed by atoms with Crippen molar-refractivity contribution in [3.8, 4) is 16.9 Å². The third kappa shape index (κ3) is 6.91. The molecular weight excluding hydrogens is 488 g/mol. The lowest BCUT2D eigenvalue weighted by molar-refractivity contribution is -0.305. The minimum Gasteiger partial charge on any atom is -0.462 e. The molecule has 0 bridgehead atoms. The van der Waals surface area contributed by atoms with E-state index >= 15 is 0 Å². The summed E-state index contributed by atoms with van der Waals surface area (Å²) < 4.78 is 23.0. The molecule has 4 rings (SSSR count). The summed E-state index contributed by atoms with van der Waals surface area (Å²) in [7, 11) is 1.48. The summed E-state index contributed by atoms with van der Waals surface area (Å²) in [6, 6.07) is 14.1. The fraction of sp³-hybridized carbons (Fsp3) is 0.552. The zero-order valence-electron chi connectivity index (χ0n) is 22.7. The average Bonchev–Trinajstić information content (AvgIpc) is 2.88. The predicted octanol–water partition coefficient (Wildman–Crippen LogP) is 2.11. The molecule has 9 nitrogen and oxygen atoms in total. The van der Waals surface area contributed by atoms with Gasteiger partial charge in [-0.25, -0.2) is 0 Å². The largest absolute Gasteiger partial charge is 0.462 e. The van der Waals surface area contributed by atoms with Gasteiger partial charge in [0.05, 0.1) is 18.8 Å². The number of hydrogen-bond acceptors (Lipinski definition) is 8. The van der Waals surface area contributed by atoms with E-state index in [2.05, 4.69) is 28.4 Å². The highest BCUT2D eigenvalue weighted by Gasteiger charge is 2.50. The molecule has 9 heteroatoms. The molecule has 2 heterocycles. The highest BCUT2D eigenvalue weighted by atomic mass is 16.7. The molecule has 1 amide bonds. The molecule has 2 fully saturated rings. The lowest BCUT2D eigenvalue weighted by atomic mass is 9.89. The second-order valence-corrected chi connectivity index (χ2v) is 10.5. The van der Waals surface area contributed by atoms with Crippen LogP contribution in [0, 0.1) is 0 Å². The molecule has 2 saturated heterocycles. The Kier molecular flexibility index (Phi) is 9.40. The quantitative estimate of drug-likeness (QED) is 0.454. The molecule has 0 radical (unpaired) electrons. The van der Waals surface area contributed by atoms with E-state index < -0.39 is 30.2 Å². The van der Waals surface area contributed by atoms with Crippen LogP contribution in [-0.4, -0.2) is 91.2 Å². The number of amides is 1. The van der Waals surface area contributed by atoms with Crippen LogP contribution >= 0.6 is 0 Å². The van der Waals surface area contributed by atoms with Crippen molar-refractivity contribution in [2.45, 2.75) is 63.9 Å². The normalized spacial score (nSPS) is 25.6. The maximum atomic E-state index is 11.4. The standard InChI is InChI=1S/C29H40N2O7/c1-19(32)30-11-10-21-8-9-23(37-28-26(34)25(33)27(35-4)29(2,3)38-28)17-24(21)22-7-5-6-20(16-22)18-31-12-14-36-15-13-31/h5-9,16-17,25-28,33-34H,10-15,18H2,1-4H3,(H,30,32)/t25-,26+,27+,28?/m0/s1. The van der Waals surface area contributed by atoms with Crippen LogP contribution in [-0.2, 0) is 32.0 Å². The van der Waals surface area contributed by atoms with Crippen LogP contribution in [0.2, 0.25) is 0 Å². The molecule has 0 aliphatic carbocycles. The van der Waals surface area contributed by atoms with Gasteiger partial charge in [0.15, 0.2) is 0 Å². The third-order valence-corrected chi connectivity index (χ3v) is 7.15. The molecule has 2 aliphatic rings. The van der Waals surface area contributed by atoms with Crippen LogP contribution in [0.25, 0.3) is 11.1 Å². The van der Waals surface area contributed by atoms with E-state index in [4.69, 9.17) is 18.9 Å². The summed E-state index contributed by atoms with van der Waals surface area (Å²) in [4.78, 5) is 13.8. The smallest absolute Gasteiger partial charge is 0.229 e. The molecular formula is C29H40N2O7. The third-order valence-electron chi connectivity index (χ3n) is 7.15. The average molecular weight is 529 g/mol. The molecule has 0 aromatic heterocycles. The summed E-state index contributed by atoms with van der Waals surface area (Å²) in [6.07, 6.45) is -3.57. The van der Waals surface area contributed by atoms with Crippen LogP contribution < -0.4 is 10.1 Å². The Labute approximate surface area is 224 Å². The number of aliphatic hydroxyl groups is 2. The fourth-order valence-corrected chi connectivity index (χ4v) is 5.18. The monoisotopic (exact) mass is 528 g/mol. The number of methoxy groups -OCH3 is 1. The second kappa shape index (κ2) is 12.5. The van der Waals surface area contributed by atoms with Crippen molar-refractivity contribution in [2.75, 3.05) is 40.0 Å². The number of nitrogens with one attached hydrogen (secondary N) is 1. The van der Waals surface area contributed by atoms with Crippen LogP contribution in [0.5, 0.6) is 5.75 Å². The first-order valence-corrected chi connectivity index (χ1v) is 13.2. The Bertz CT molecular complexity index is 1090. The summed E-state index contributed by atoms with van der Waals surface area (Å²) in [5, 5.41) is 24.2. The molecule has 38 heavy (non-hydrogen) atoms. The number of rotatable bonds is 9. The van der Waals surface area contributed by atoms with Gasteiger partial charge in [-0.15, -0.1) is 0 Å². The Morgan fingerprint density at radius 1 is 1.13 bits per heavy atom. The van der Waals surface area contributed by atoms with Crippen molar-refractivity contribution >= 4 is 5.91 Å². The Balaban J connectivity index is 1.60. The second-order valence-electron chi connectivity index (χ2n) is 10.5. The van der Waals surface area contributed by atoms with Gasteiger partial charge in [0.1, 0.15) is 24.1 Å². The molecule has 0 spiro atoms. The maximum absolute atomic E-state index is 11.4. The SMILES string of the molecule is CO[C@@H]1[C@@H](O)[C@@H](O)C(Oc2ccc(CCNC(C)=O)c(-c3cccc(CN4CCOCC4)c3)c2)OC1(C)C. The Morgan fingerprint density at radius 2 is 1.89 bits per heavy atom. The van der Waals surface area contributed by atoms with E-state index in [0.29, 0.717) is 18.7 Å². The van der Waals surface area contributed by atoms with Crippen molar-refractivity contribution in [3.63, 3.8) is 0 Å². The summed E-state index contributed by atoms with van der Waals surface area (Å²) in [6.45, 7) is 9.76. The van der Waals surface area contributed by atoms with Crippen molar-refractivity contribution < 1.29 is 34.0 Å². The number of morpholine rings is 1. The van der Waals surface area contributed by atoms with E-state index in [0.717, 1.165) is 49.5 Å². The van der Waals surface area contributed by atoms with Crippen LogP contribution in [0.4, 0.5) is 0 Å². The van der Waals surface area contributed by atoms with Crippen molar-refractivity contribution in [2.24, 2.45) is 0 Å². The lowest BCUT2D eigenvalue weighted by Crippen LogP contribution is -2.63. The number of ether oxygens (including phenoxy) is 4. The topological polar surface area (TPSA) is 110 Å². The molecule has 2 aliphatic heterocycles. The number of hydrogen-bond donors (Lipinski definition) is 3. The molecule has 208 valence electrons. The Hall–Kier alpha value is -2.53. The van der Waals surface area contributed by atoms with Crippen molar-refractivity contribution in [1.82, 2.24) is 10.2 Å². The highest BCUT2D eigenvalue weighted by molar-refractivity contribution is 5.73.